The number of halogens is 1. The normalized spacial score (nSPS) is 11.5. The molecule has 0 saturated carbocycles. The van der Waals surface area contributed by atoms with Gasteiger partial charge in [-0.25, -0.2) is 19.2 Å². The van der Waals surface area contributed by atoms with Gasteiger partial charge in [0.1, 0.15) is 0 Å². The first-order chi connectivity index (χ1) is 19.0. The molecule has 0 aliphatic rings. The predicted molar refractivity (Wildman–Crippen MR) is 140 cm³/mol. The minimum atomic E-state index is -1.39. The van der Waals surface area contributed by atoms with E-state index in [1.54, 1.807) is 21.0 Å². The van der Waals surface area contributed by atoms with E-state index < -0.39 is 54.9 Å². The van der Waals surface area contributed by atoms with E-state index in [2.05, 4.69) is 51.0 Å². The summed E-state index contributed by atoms with van der Waals surface area (Å²) in [5.41, 5.74) is 0. The van der Waals surface area contributed by atoms with Crippen LogP contribution >= 0.6 is 22.6 Å². The van der Waals surface area contributed by atoms with Gasteiger partial charge in [-0.05, 0) is 4.93 Å². The summed E-state index contributed by atoms with van der Waals surface area (Å²) in [7, 11) is 10.6. The van der Waals surface area contributed by atoms with Gasteiger partial charge in [0.15, 0.2) is 24.4 Å². The zero-order valence-corrected chi connectivity index (χ0v) is 29.3. The van der Waals surface area contributed by atoms with Crippen molar-refractivity contribution in [3.63, 3.8) is 0 Å². The van der Waals surface area contributed by atoms with E-state index in [1.165, 1.54) is 49.8 Å². The summed E-state index contributed by atoms with van der Waals surface area (Å²) in [6.45, 7) is -0.730. The summed E-state index contributed by atoms with van der Waals surface area (Å²) in [6, 6.07) is 0. The van der Waals surface area contributed by atoms with Gasteiger partial charge in [0.05, 0.1) is 54.9 Å². The summed E-state index contributed by atoms with van der Waals surface area (Å²) in [5.74, 6) is -2.45. The third-order valence-corrected chi connectivity index (χ3v) is 3.43. The molecule has 4 unspecified atom stereocenters. The SMILES string of the molecule is CI.COC(=O)C(CO)OC.COC(=O)C(O)CO.COCC(O)C(=O)OC.COCC(OC)C(=O)OC.[Ag].[O]=[Ag]. The molecule has 0 aliphatic carbocycles. The first-order valence-corrected chi connectivity index (χ1v) is 13.1. The van der Waals surface area contributed by atoms with Crippen LogP contribution in [0.4, 0.5) is 0 Å². The van der Waals surface area contributed by atoms with Crippen LogP contribution < -0.4 is 0 Å². The van der Waals surface area contributed by atoms with Crippen LogP contribution in [0, 0.1) is 0 Å². The van der Waals surface area contributed by atoms with E-state index in [9.17, 15) is 19.2 Å². The number of hydrogen-bond donors (Lipinski definition) is 4. The molecule has 0 saturated heterocycles. The molecular formula is C21H43Ag2IO17. The second kappa shape index (κ2) is 46.5. The average Bonchev–Trinajstić information content (AvgIpc) is 3.01. The second-order valence-corrected chi connectivity index (χ2v) is 5.85. The first-order valence-electron chi connectivity index (χ1n) is 10.4. The Morgan fingerprint density at radius 1 is 0.585 bits per heavy atom. The number of carbonyl (C=O) groups excluding carboxylic acids is 4. The second-order valence-electron chi connectivity index (χ2n) is 5.85. The number of aliphatic hydroxyl groups is 4. The van der Waals surface area contributed by atoms with Gasteiger partial charge in [0.2, 0.25) is 0 Å². The van der Waals surface area contributed by atoms with Crippen LogP contribution in [-0.4, -0.2) is 157 Å². The predicted octanol–water partition coefficient (Wildman–Crippen LogP) is -2.41. The Hall–Kier alpha value is -0.429. The molecular weight excluding hydrogens is 867 g/mol. The molecule has 0 aromatic heterocycles. The molecule has 0 spiro atoms. The van der Waals surface area contributed by atoms with Gasteiger partial charge in [0.25, 0.3) is 0 Å². The molecule has 0 amide bonds. The van der Waals surface area contributed by atoms with Crippen LogP contribution in [0.3, 0.4) is 0 Å². The molecule has 0 aliphatic heterocycles. The van der Waals surface area contributed by atoms with Crippen molar-refractivity contribution in [2.24, 2.45) is 0 Å². The molecule has 0 heterocycles. The van der Waals surface area contributed by atoms with Gasteiger partial charge in [-0.3, -0.25) is 0 Å². The van der Waals surface area contributed by atoms with E-state index in [-0.39, 0.29) is 42.2 Å². The number of rotatable bonds is 12. The number of esters is 4. The van der Waals surface area contributed by atoms with Crippen molar-refractivity contribution in [3.05, 3.63) is 0 Å². The minimum absolute atomic E-state index is 0. The monoisotopic (exact) mass is 908 g/mol. The molecule has 4 N–H and O–H groups in total. The molecule has 20 heteroatoms. The quantitative estimate of drug-likeness (QED) is 0.0525. The van der Waals surface area contributed by atoms with Gasteiger partial charge in [-0.1, -0.05) is 22.6 Å². The topological polar surface area (TPSA) is 240 Å². The standard InChI is InChI=1S/C6H12O4.2C5H10O4.C4H8O4.CH3I.2Ag.O/c1-8-4-5(9-2)6(7)10-3;1-8-3-4(6)5(7)9-2;1-8-4(3-6)5(7)9-2;1-8-4(7)3(6)2-5;1-2;;;/h5H,4H2,1-3H3;2*4,6H,3H2,1-2H3;3,5-6H,2H2,1H3;1H3;;;. The van der Waals surface area contributed by atoms with Crippen LogP contribution in [0.2, 0.25) is 0 Å². The van der Waals surface area contributed by atoms with Crippen molar-refractivity contribution in [2.75, 3.05) is 88.2 Å². The molecule has 258 valence electrons. The zero-order chi connectivity index (χ0) is 33.1. The van der Waals surface area contributed by atoms with Crippen LogP contribution in [0.5, 0.6) is 0 Å². The van der Waals surface area contributed by atoms with Gasteiger partial charge in [-0.15, -0.1) is 0 Å². The number of ether oxygens (including phenoxy) is 8. The van der Waals surface area contributed by atoms with Gasteiger partial charge >= 0.3 is 48.2 Å². The summed E-state index contributed by atoms with van der Waals surface area (Å²) in [5, 5.41) is 33.6. The van der Waals surface area contributed by atoms with Gasteiger partial charge < -0.3 is 58.3 Å². The number of aliphatic hydroxyl groups excluding tert-OH is 4. The van der Waals surface area contributed by atoms with Crippen molar-refractivity contribution in [1.82, 2.24) is 0 Å². The van der Waals surface area contributed by atoms with Crippen molar-refractivity contribution in [1.29, 1.82) is 0 Å². The molecule has 0 bridgehead atoms. The van der Waals surface area contributed by atoms with E-state index in [0.717, 1.165) is 7.11 Å². The average molecular weight is 910 g/mol. The van der Waals surface area contributed by atoms with Crippen LogP contribution in [0.15, 0.2) is 0 Å². The van der Waals surface area contributed by atoms with Gasteiger partial charge in [0, 0.05) is 50.8 Å². The van der Waals surface area contributed by atoms with Crippen molar-refractivity contribution < 1.29 is 124 Å². The van der Waals surface area contributed by atoms with E-state index in [4.69, 9.17) is 33.1 Å². The van der Waals surface area contributed by atoms with Crippen LogP contribution in [-0.2, 0) is 104 Å². The third-order valence-electron chi connectivity index (χ3n) is 3.43. The fraction of sp³-hybridized carbons (Fsp3) is 0.810. The zero-order valence-electron chi connectivity index (χ0n) is 24.2. The molecule has 17 nitrogen and oxygen atoms in total. The molecule has 1 radical (unpaired) electrons. The Bertz CT molecular complexity index is 586. The van der Waals surface area contributed by atoms with Crippen molar-refractivity contribution >= 4 is 46.5 Å². The molecule has 41 heavy (non-hydrogen) atoms. The van der Waals surface area contributed by atoms with Crippen molar-refractivity contribution in [3.8, 4) is 0 Å². The Balaban J connectivity index is -0.0000000717. The molecule has 0 aromatic rings. The fourth-order valence-electron chi connectivity index (χ4n) is 1.46. The first kappa shape index (κ1) is 56.4. The number of carbonyl (C=O) groups is 4. The number of alkyl halides is 1. The van der Waals surface area contributed by atoms with E-state index in [1.807, 2.05) is 4.93 Å². The summed E-state index contributed by atoms with van der Waals surface area (Å²) < 4.78 is 43.4. The maximum absolute atomic E-state index is 10.7. The Kier molecular flexibility index (Phi) is 64.0. The summed E-state index contributed by atoms with van der Waals surface area (Å²) in [6.07, 6.45) is -3.98. The molecule has 4 atom stereocenters. The molecule has 0 rings (SSSR count). The fourth-order valence-corrected chi connectivity index (χ4v) is 1.46. The van der Waals surface area contributed by atoms with E-state index >= 15 is 0 Å². The Morgan fingerprint density at radius 3 is 1.10 bits per heavy atom. The summed E-state index contributed by atoms with van der Waals surface area (Å²) in [4.78, 5) is 43.6. The van der Waals surface area contributed by atoms with Crippen molar-refractivity contribution in [2.45, 2.75) is 24.4 Å². The Labute approximate surface area is 281 Å². The summed E-state index contributed by atoms with van der Waals surface area (Å²) >= 11 is 3.85. The molecule has 0 aromatic carbocycles. The molecule has 0 fully saturated rings. The number of methoxy groups -OCH3 is 8. The van der Waals surface area contributed by atoms with Crippen LogP contribution in [0.25, 0.3) is 0 Å². The maximum atomic E-state index is 10.7. The third kappa shape index (κ3) is 39.6. The number of hydrogen-bond acceptors (Lipinski definition) is 17. The van der Waals surface area contributed by atoms with Crippen LogP contribution in [0.1, 0.15) is 0 Å². The Morgan fingerprint density at radius 2 is 0.902 bits per heavy atom. The van der Waals surface area contributed by atoms with Gasteiger partial charge in [-0.2, -0.15) is 0 Å². The van der Waals surface area contributed by atoms with E-state index in [0.29, 0.717) is 0 Å².